The number of carboxylic acid groups (broad SMARTS) is 1. The lowest BCUT2D eigenvalue weighted by Crippen LogP contribution is -2.26. The summed E-state index contributed by atoms with van der Waals surface area (Å²) in [5, 5.41) is 9.82. The third-order valence-corrected chi connectivity index (χ3v) is 2.18. The van der Waals surface area contributed by atoms with Crippen LogP contribution < -0.4 is 0 Å². The van der Waals surface area contributed by atoms with E-state index in [1.54, 1.807) is 12.1 Å². The van der Waals surface area contributed by atoms with E-state index in [2.05, 4.69) is 0 Å². The van der Waals surface area contributed by atoms with Crippen molar-refractivity contribution in [2.75, 3.05) is 14.2 Å². The molecule has 0 bridgehead atoms. The monoisotopic (exact) mass is 223 g/mol. The maximum absolute atomic E-state index is 11.4. The van der Waals surface area contributed by atoms with Crippen LogP contribution in [0, 0.1) is 0 Å². The second-order valence-electron chi connectivity index (χ2n) is 3.25. The second-order valence-corrected chi connectivity index (χ2v) is 3.25. The minimum absolute atomic E-state index is 0.185. The van der Waals surface area contributed by atoms with E-state index in [0.29, 0.717) is 0 Å². The molecule has 0 heterocycles. The van der Waals surface area contributed by atoms with Gasteiger partial charge in [-0.2, -0.15) is 0 Å². The Morgan fingerprint density at radius 3 is 2.31 bits per heavy atom. The van der Waals surface area contributed by atoms with Crippen molar-refractivity contribution in [3.05, 3.63) is 35.4 Å². The molecular weight excluding hydrogens is 210 g/mol. The van der Waals surface area contributed by atoms with Crippen LogP contribution in [-0.2, 0) is 16.1 Å². The van der Waals surface area contributed by atoms with Gasteiger partial charge in [-0.15, -0.1) is 0 Å². The van der Waals surface area contributed by atoms with E-state index >= 15 is 0 Å². The average molecular weight is 223 g/mol. The minimum atomic E-state index is -0.980. The molecule has 1 rings (SSSR count). The fourth-order valence-corrected chi connectivity index (χ4v) is 1.15. The fraction of sp³-hybridized carbons (Fsp3) is 0.273. The molecule has 1 aromatic rings. The first-order valence-corrected chi connectivity index (χ1v) is 4.67. The highest BCUT2D eigenvalue weighted by atomic mass is 16.7. The molecular formula is C11H13NO4. The van der Waals surface area contributed by atoms with E-state index in [4.69, 9.17) is 9.94 Å². The van der Waals surface area contributed by atoms with Gasteiger partial charge in [0.15, 0.2) is 0 Å². The quantitative estimate of drug-likeness (QED) is 0.771. The van der Waals surface area contributed by atoms with Gasteiger partial charge in [-0.1, -0.05) is 12.1 Å². The van der Waals surface area contributed by atoms with E-state index in [1.807, 2.05) is 0 Å². The molecule has 86 valence electrons. The zero-order chi connectivity index (χ0) is 12.1. The van der Waals surface area contributed by atoms with Crippen LogP contribution in [0.4, 0.5) is 0 Å². The van der Waals surface area contributed by atoms with Crippen LogP contribution >= 0.6 is 0 Å². The lowest BCUT2D eigenvalue weighted by Gasteiger charge is -2.13. The van der Waals surface area contributed by atoms with Gasteiger partial charge >= 0.3 is 5.97 Å². The Labute approximate surface area is 93.2 Å². The summed E-state index contributed by atoms with van der Waals surface area (Å²) in [5.74, 6) is -1.17. The number of carboxylic acids is 1. The van der Waals surface area contributed by atoms with E-state index < -0.39 is 5.97 Å². The van der Waals surface area contributed by atoms with Gasteiger partial charge in [-0.05, 0) is 17.7 Å². The van der Waals surface area contributed by atoms with E-state index in [0.717, 1.165) is 10.6 Å². The van der Waals surface area contributed by atoms with Crippen molar-refractivity contribution in [1.82, 2.24) is 5.06 Å². The third-order valence-electron chi connectivity index (χ3n) is 2.18. The number of hydrogen-bond acceptors (Lipinski definition) is 3. The molecule has 1 amide bonds. The highest BCUT2D eigenvalue weighted by Gasteiger charge is 2.09. The number of carbonyl (C=O) groups is 2. The molecule has 0 atom stereocenters. The Hall–Kier alpha value is -1.88. The molecule has 0 aromatic heterocycles. The van der Waals surface area contributed by atoms with Crippen molar-refractivity contribution in [3.8, 4) is 0 Å². The zero-order valence-corrected chi connectivity index (χ0v) is 9.14. The Morgan fingerprint density at radius 1 is 1.31 bits per heavy atom. The molecule has 1 N–H and O–H groups in total. The van der Waals surface area contributed by atoms with Gasteiger partial charge in [0, 0.05) is 7.05 Å². The van der Waals surface area contributed by atoms with Crippen LogP contribution in [0.15, 0.2) is 24.3 Å². The van der Waals surface area contributed by atoms with Crippen LogP contribution in [-0.4, -0.2) is 36.2 Å². The molecule has 0 saturated heterocycles. The van der Waals surface area contributed by atoms with Gasteiger partial charge < -0.3 is 5.11 Å². The maximum atomic E-state index is 11.4. The minimum Gasteiger partial charge on any atom is -0.478 e. The molecule has 16 heavy (non-hydrogen) atoms. The lowest BCUT2D eigenvalue weighted by atomic mass is 10.1. The van der Waals surface area contributed by atoms with Crippen LogP contribution in [0.2, 0.25) is 0 Å². The largest absolute Gasteiger partial charge is 0.478 e. The number of rotatable bonds is 4. The molecule has 5 heteroatoms. The lowest BCUT2D eigenvalue weighted by molar-refractivity contribution is -0.167. The van der Waals surface area contributed by atoms with Crippen molar-refractivity contribution < 1.29 is 19.5 Å². The van der Waals surface area contributed by atoms with Gasteiger partial charge in [-0.25, -0.2) is 9.86 Å². The van der Waals surface area contributed by atoms with Gasteiger partial charge in [-0.3, -0.25) is 9.63 Å². The van der Waals surface area contributed by atoms with Crippen LogP contribution in [0.25, 0.3) is 0 Å². The smallest absolute Gasteiger partial charge is 0.335 e. The van der Waals surface area contributed by atoms with Crippen LogP contribution in [0.5, 0.6) is 0 Å². The average Bonchev–Trinajstić information content (AvgIpc) is 2.28. The molecule has 0 aliphatic heterocycles. The van der Waals surface area contributed by atoms with Gasteiger partial charge in [0.1, 0.15) is 0 Å². The number of benzene rings is 1. The van der Waals surface area contributed by atoms with Crippen LogP contribution in [0.1, 0.15) is 15.9 Å². The van der Waals surface area contributed by atoms with Crippen molar-refractivity contribution in [3.63, 3.8) is 0 Å². The third kappa shape index (κ3) is 3.06. The Kier molecular flexibility index (Phi) is 4.02. The SMILES string of the molecule is CON(C)C(=O)Cc1ccc(C(=O)O)cc1. The van der Waals surface area contributed by atoms with Gasteiger partial charge in [0.05, 0.1) is 19.1 Å². The van der Waals surface area contributed by atoms with Gasteiger partial charge in [0.25, 0.3) is 0 Å². The van der Waals surface area contributed by atoms with Crippen molar-refractivity contribution in [1.29, 1.82) is 0 Å². The maximum Gasteiger partial charge on any atom is 0.335 e. The van der Waals surface area contributed by atoms with Crippen molar-refractivity contribution in [2.24, 2.45) is 0 Å². The summed E-state index contributed by atoms with van der Waals surface area (Å²) in [6, 6.07) is 6.17. The topological polar surface area (TPSA) is 66.8 Å². The van der Waals surface area contributed by atoms with E-state index in [1.165, 1.54) is 26.3 Å². The Balaban J connectivity index is 2.69. The molecule has 0 aliphatic rings. The highest BCUT2D eigenvalue weighted by Crippen LogP contribution is 2.06. The zero-order valence-electron chi connectivity index (χ0n) is 9.14. The predicted molar refractivity (Wildman–Crippen MR) is 56.9 cm³/mol. The number of hydroxylamine groups is 2. The second kappa shape index (κ2) is 5.27. The summed E-state index contributed by atoms with van der Waals surface area (Å²) in [4.78, 5) is 26.8. The van der Waals surface area contributed by atoms with Crippen molar-refractivity contribution in [2.45, 2.75) is 6.42 Å². The van der Waals surface area contributed by atoms with Crippen molar-refractivity contribution >= 4 is 11.9 Å². The first kappa shape index (κ1) is 12.2. The Bertz CT molecular complexity index is 385. The van der Waals surface area contributed by atoms with Crippen LogP contribution in [0.3, 0.4) is 0 Å². The molecule has 0 unspecified atom stereocenters. The molecule has 0 spiro atoms. The Morgan fingerprint density at radius 2 is 1.88 bits per heavy atom. The number of likely N-dealkylation sites (N-methyl/N-ethyl adjacent to an activating group) is 1. The number of amides is 1. The first-order chi connectivity index (χ1) is 7.54. The summed E-state index contributed by atoms with van der Waals surface area (Å²) in [6.45, 7) is 0. The summed E-state index contributed by atoms with van der Waals surface area (Å²) >= 11 is 0. The molecule has 0 saturated carbocycles. The van der Waals surface area contributed by atoms with E-state index in [-0.39, 0.29) is 17.9 Å². The predicted octanol–water partition coefficient (Wildman–Crippen LogP) is 0.947. The first-order valence-electron chi connectivity index (χ1n) is 4.67. The standard InChI is InChI=1S/C11H13NO4/c1-12(16-2)10(13)7-8-3-5-9(6-4-8)11(14)15/h3-6H,7H2,1-2H3,(H,14,15). The summed E-state index contributed by atoms with van der Waals surface area (Å²) in [7, 11) is 2.93. The van der Waals surface area contributed by atoms with Gasteiger partial charge in [0.2, 0.25) is 5.91 Å². The summed E-state index contributed by atoms with van der Waals surface area (Å²) in [5.41, 5.74) is 0.954. The number of nitrogens with zero attached hydrogens (tertiary/aromatic N) is 1. The molecule has 5 nitrogen and oxygen atoms in total. The molecule has 1 aromatic carbocycles. The molecule has 0 fully saturated rings. The normalized spacial score (nSPS) is 9.88. The number of aromatic carboxylic acids is 1. The van der Waals surface area contributed by atoms with E-state index in [9.17, 15) is 9.59 Å². The number of carbonyl (C=O) groups excluding carboxylic acids is 1. The summed E-state index contributed by atoms with van der Waals surface area (Å²) in [6.07, 6.45) is 0.185. The summed E-state index contributed by atoms with van der Waals surface area (Å²) < 4.78 is 0. The fourth-order valence-electron chi connectivity index (χ4n) is 1.15. The highest BCUT2D eigenvalue weighted by molar-refractivity contribution is 5.87. The molecule has 0 radical (unpaired) electrons. The number of hydrogen-bond donors (Lipinski definition) is 1. The molecule has 0 aliphatic carbocycles.